The molecule has 1 unspecified atom stereocenters. The monoisotopic (exact) mass is 368 g/mol. The van der Waals surface area contributed by atoms with Crippen molar-refractivity contribution in [2.24, 2.45) is 10.9 Å². The van der Waals surface area contributed by atoms with Crippen LogP contribution in [0.3, 0.4) is 0 Å². The van der Waals surface area contributed by atoms with Gasteiger partial charge in [0.15, 0.2) is 5.96 Å². The summed E-state index contributed by atoms with van der Waals surface area (Å²) < 4.78 is 38.4. The minimum atomic E-state index is -4.32. The highest BCUT2D eigenvalue weighted by atomic mass is 19.4. The molecule has 0 amide bonds. The summed E-state index contributed by atoms with van der Waals surface area (Å²) in [5.74, 6) is 1.27. The summed E-state index contributed by atoms with van der Waals surface area (Å²) in [6.45, 7) is 6.06. The molecule has 2 aliphatic rings. The fourth-order valence-corrected chi connectivity index (χ4v) is 3.40. The fourth-order valence-electron chi connectivity index (χ4n) is 3.40. The van der Waals surface area contributed by atoms with Crippen molar-refractivity contribution in [2.75, 3.05) is 26.2 Å². The van der Waals surface area contributed by atoms with E-state index in [9.17, 15) is 13.2 Å². The zero-order valence-electron chi connectivity index (χ0n) is 15.1. The maximum Gasteiger partial charge on any atom is 0.416 e. The molecule has 1 heterocycles. The molecule has 1 atom stereocenters. The number of hydrogen-bond acceptors (Lipinski definition) is 2. The van der Waals surface area contributed by atoms with E-state index in [-0.39, 0.29) is 6.54 Å². The molecule has 1 saturated heterocycles. The summed E-state index contributed by atoms with van der Waals surface area (Å²) in [6.07, 6.45) is -0.461. The van der Waals surface area contributed by atoms with E-state index in [1.54, 1.807) is 6.07 Å². The lowest BCUT2D eigenvalue weighted by Crippen LogP contribution is -2.40. The molecular weight excluding hydrogens is 341 g/mol. The second-order valence-corrected chi connectivity index (χ2v) is 7.16. The molecule has 0 radical (unpaired) electrons. The van der Waals surface area contributed by atoms with Gasteiger partial charge in [-0.2, -0.15) is 13.2 Å². The van der Waals surface area contributed by atoms with E-state index in [1.807, 2.05) is 6.92 Å². The van der Waals surface area contributed by atoms with Crippen molar-refractivity contribution in [3.8, 4) is 0 Å². The van der Waals surface area contributed by atoms with Crippen molar-refractivity contribution in [1.29, 1.82) is 0 Å². The van der Waals surface area contributed by atoms with E-state index in [0.29, 0.717) is 24.0 Å². The van der Waals surface area contributed by atoms with Gasteiger partial charge < -0.3 is 15.5 Å². The minimum absolute atomic E-state index is 0.220. The van der Waals surface area contributed by atoms with Gasteiger partial charge in [0.2, 0.25) is 0 Å². The third-order valence-electron chi connectivity index (χ3n) is 4.96. The Balaban J connectivity index is 1.53. The lowest BCUT2D eigenvalue weighted by molar-refractivity contribution is -0.137. The minimum Gasteiger partial charge on any atom is -0.357 e. The Morgan fingerprint density at radius 2 is 2.04 bits per heavy atom. The second kappa shape index (κ2) is 8.29. The smallest absolute Gasteiger partial charge is 0.357 e. The Morgan fingerprint density at radius 3 is 2.73 bits per heavy atom. The van der Waals surface area contributed by atoms with Crippen LogP contribution >= 0.6 is 0 Å². The molecule has 0 bridgehead atoms. The number of nitrogens with zero attached hydrogens (tertiary/aromatic N) is 2. The zero-order valence-corrected chi connectivity index (χ0v) is 15.1. The molecule has 1 aromatic rings. The molecular formula is C19H27F3N4. The van der Waals surface area contributed by atoms with E-state index in [0.717, 1.165) is 31.3 Å². The van der Waals surface area contributed by atoms with Gasteiger partial charge >= 0.3 is 6.18 Å². The topological polar surface area (TPSA) is 39.7 Å². The van der Waals surface area contributed by atoms with Gasteiger partial charge in [-0.05, 0) is 56.3 Å². The van der Waals surface area contributed by atoms with Gasteiger partial charge in [-0.1, -0.05) is 12.1 Å². The normalized spacial score (nSPS) is 21.8. The van der Waals surface area contributed by atoms with Gasteiger partial charge in [0, 0.05) is 25.7 Å². The highest BCUT2D eigenvalue weighted by Gasteiger charge is 2.34. The summed E-state index contributed by atoms with van der Waals surface area (Å²) in [5, 5.41) is 6.52. The lowest BCUT2D eigenvalue weighted by atomic mass is 10.1. The summed E-state index contributed by atoms with van der Waals surface area (Å²) in [4.78, 5) is 7.02. The van der Waals surface area contributed by atoms with Crippen LogP contribution in [-0.4, -0.2) is 43.1 Å². The molecule has 26 heavy (non-hydrogen) atoms. The van der Waals surface area contributed by atoms with Crippen LogP contribution in [0.15, 0.2) is 29.3 Å². The number of alkyl halides is 3. The molecule has 1 aliphatic carbocycles. The standard InChI is InChI=1S/C19H27F3N4/c1-2-23-18(25-12-15-8-9-26(13-15)17-6-7-17)24-11-14-4-3-5-16(10-14)19(20,21)22/h3-5,10,15,17H,2,6-9,11-13H2,1H3,(H2,23,24,25). The van der Waals surface area contributed by atoms with Crippen molar-refractivity contribution < 1.29 is 13.2 Å². The Morgan fingerprint density at radius 1 is 1.23 bits per heavy atom. The molecule has 7 heteroatoms. The van der Waals surface area contributed by atoms with Crippen LogP contribution in [0.25, 0.3) is 0 Å². The van der Waals surface area contributed by atoms with Gasteiger partial charge in [-0.3, -0.25) is 0 Å². The van der Waals surface area contributed by atoms with Gasteiger partial charge in [-0.25, -0.2) is 4.99 Å². The first-order valence-corrected chi connectivity index (χ1v) is 9.38. The van der Waals surface area contributed by atoms with Crippen molar-refractivity contribution in [3.63, 3.8) is 0 Å². The van der Waals surface area contributed by atoms with E-state index in [1.165, 1.54) is 31.9 Å². The quantitative estimate of drug-likeness (QED) is 0.598. The fraction of sp³-hybridized carbons (Fsp3) is 0.632. The number of benzene rings is 1. The van der Waals surface area contributed by atoms with Crippen molar-refractivity contribution >= 4 is 5.96 Å². The number of likely N-dealkylation sites (tertiary alicyclic amines) is 1. The van der Waals surface area contributed by atoms with Crippen LogP contribution in [0.4, 0.5) is 13.2 Å². The first-order chi connectivity index (χ1) is 12.5. The number of hydrogen-bond donors (Lipinski definition) is 2. The van der Waals surface area contributed by atoms with E-state index in [2.05, 4.69) is 20.5 Å². The average Bonchev–Trinajstić information content (AvgIpc) is 3.35. The molecule has 2 N–H and O–H groups in total. The Labute approximate surface area is 152 Å². The predicted octanol–water partition coefficient (Wildman–Crippen LogP) is 3.24. The van der Waals surface area contributed by atoms with Gasteiger partial charge in [0.1, 0.15) is 0 Å². The lowest BCUT2D eigenvalue weighted by Gasteiger charge is -2.17. The molecule has 0 spiro atoms. The predicted molar refractivity (Wildman–Crippen MR) is 97.0 cm³/mol. The molecule has 1 aliphatic heterocycles. The molecule has 4 nitrogen and oxygen atoms in total. The van der Waals surface area contributed by atoms with Crippen molar-refractivity contribution in [1.82, 2.24) is 15.5 Å². The number of rotatable bonds is 6. The van der Waals surface area contributed by atoms with Crippen LogP contribution in [0, 0.1) is 5.92 Å². The van der Waals surface area contributed by atoms with Crippen LogP contribution in [0.5, 0.6) is 0 Å². The number of aliphatic imine (C=N–C) groups is 1. The van der Waals surface area contributed by atoms with E-state index >= 15 is 0 Å². The first kappa shape index (κ1) is 19.0. The molecule has 144 valence electrons. The molecule has 2 fully saturated rings. The van der Waals surface area contributed by atoms with E-state index < -0.39 is 11.7 Å². The van der Waals surface area contributed by atoms with Crippen LogP contribution in [-0.2, 0) is 12.7 Å². The molecule has 1 saturated carbocycles. The highest BCUT2D eigenvalue weighted by molar-refractivity contribution is 5.79. The Kier molecular flexibility index (Phi) is 6.06. The first-order valence-electron chi connectivity index (χ1n) is 9.38. The second-order valence-electron chi connectivity index (χ2n) is 7.16. The van der Waals surface area contributed by atoms with Crippen molar-refractivity contribution in [3.05, 3.63) is 35.4 Å². The van der Waals surface area contributed by atoms with Crippen molar-refractivity contribution in [2.45, 2.75) is 44.9 Å². The molecule has 3 rings (SSSR count). The van der Waals surface area contributed by atoms with Gasteiger partial charge in [0.25, 0.3) is 0 Å². The Hall–Kier alpha value is -1.76. The van der Waals surface area contributed by atoms with Gasteiger partial charge in [-0.15, -0.1) is 0 Å². The molecule has 0 aromatic heterocycles. The summed E-state index contributed by atoms with van der Waals surface area (Å²) in [5.41, 5.74) is -0.0768. The van der Waals surface area contributed by atoms with Gasteiger partial charge in [0.05, 0.1) is 12.1 Å². The largest absolute Gasteiger partial charge is 0.416 e. The van der Waals surface area contributed by atoms with Crippen LogP contribution in [0.2, 0.25) is 0 Å². The number of nitrogens with one attached hydrogen (secondary N) is 2. The third kappa shape index (κ3) is 5.37. The third-order valence-corrected chi connectivity index (χ3v) is 4.96. The maximum absolute atomic E-state index is 12.8. The Bertz CT molecular complexity index is 625. The van der Waals surface area contributed by atoms with Crippen LogP contribution in [0.1, 0.15) is 37.3 Å². The average molecular weight is 368 g/mol. The summed E-state index contributed by atoms with van der Waals surface area (Å²) in [6, 6.07) is 6.16. The summed E-state index contributed by atoms with van der Waals surface area (Å²) in [7, 11) is 0. The van der Waals surface area contributed by atoms with Crippen LogP contribution < -0.4 is 10.6 Å². The molecule has 1 aromatic carbocycles. The number of guanidine groups is 1. The highest BCUT2D eigenvalue weighted by Crippen LogP contribution is 2.31. The zero-order chi connectivity index (χ0) is 18.6. The maximum atomic E-state index is 12.8. The van der Waals surface area contributed by atoms with E-state index in [4.69, 9.17) is 0 Å². The SMILES string of the molecule is CCNC(=NCc1cccc(C(F)(F)F)c1)NCC1CCN(C2CC2)C1. The summed E-state index contributed by atoms with van der Waals surface area (Å²) >= 11 is 0. The number of halogens is 3.